The lowest BCUT2D eigenvalue weighted by molar-refractivity contribution is 0.0967. The lowest BCUT2D eigenvalue weighted by Gasteiger charge is -2.00. The average Bonchev–Trinajstić information content (AvgIpc) is 2.84. The molecule has 3 aromatic rings. The smallest absolute Gasteiger partial charge is 0.202 e. The van der Waals surface area contributed by atoms with Gasteiger partial charge in [-0.15, -0.1) is 0 Å². The molecule has 0 spiro atoms. The molecule has 0 aliphatic heterocycles. The van der Waals surface area contributed by atoms with Crippen molar-refractivity contribution in [2.24, 2.45) is 0 Å². The first-order valence-corrected chi connectivity index (χ1v) is 6.47. The molecule has 0 radical (unpaired) electrons. The van der Waals surface area contributed by atoms with Crippen molar-refractivity contribution >= 4 is 28.4 Å². The van der Waals surface area contributed by atoms with Crippen molar-refractivity contribution in [1.29, 1.82) is 0 Å². The van der Waals surface area contributed by atoms with Crippen LogP contribution >= 0.6 is 11.6 Å². The van der Waals surface area contributed by atoms with Crippen molar-refractivity contribution in [2.75, 3.05) is 0 Å². The summed E-state index contributed by atoms with van der Waals surface area (Å²) >= 11 is 5.88. The summed E-state index contributed by atoms with van der Waals surface area (Å²) in [5, 5.41) is 1.33. The van der Waals surface area contributed by atoms with Gasteiger partial charge in [0.1, 0.15) is 11.4 Å². The van der Waals surface area contributed by atoms with Crippen LogP contribution in [0.15, 0.2) is 52.9 Å². The molecule has 0 atom stereocenters. The van der Waals surface area contributed by atoms with Crippen LogP contribution in [0.2, 0.25) is 5.02 Å². The molecule has 1 aromatic heterocycles. The van der Waals surface area contributed by atoms with E-state index in [1.165, 1.54) is 6.07 Å². The zero-order chi connectivity index (χ0) is 14.1. The van der Waals surface area contributed by atoms with Crippen LogP contribution in [-0.4, -0.2) is 5.78 Å². The van der Waals surface area contributed by atoms with Crippen LogP contribution in [0.4, 0.5) is 4.39 Å². The number of carbonyl (C=O) groups is 1. The third-order valence-corrected chi connectivity index (χ3v) is 3.30. The Morgan fingerprint density at radius 2 is 1.95 bits per heavy atom. The number of hydrogen-bond donors (Lipinski definition) is 0. The van der Waals surface area contributed by atoms with E-state index in [9.17, 15) is 9.18 Å². The van der Waals surface area contributed by atoms with E-state index in [4.69, 9.17) is 16.0 Å². The Kier molecular flexibility index (Phi) is 3.28. The molecule has 4 heteroatoms. The van der Waals surface area contributed by atoms with Crippen molar-refractivity contribution in [2.45, 2.75) is 6.42 Å². The second kappa shape index (κ2) is 5.10. The quantitative estimate of drug-likeness (QED) is 0.657. The number of ketones is 1. The van der Waals surface area contributed by atoms with Gasteiger partial charge in [-0.2, -0.15) is 0 Å². The SMILES string of the molecule is O=C(Cc1ccccc1F)c1cc2cc(Cl)ccc2o1. The van der Waals surface area contributed by atoms with Gasteiger partial charge in [-0.25, -0.2) is 4.39 Å². The standard InChI is InChI=1S/C16H10ClFO2/c17-12-5-6-15-11(7-12)9-16(20-15)14(19)8-10-3-1-2-4-13(10)18/h1-7,9H,8H2. The molecule has 0 bridgehead atoms. The van der Waals surface area contributed by atoms with Gasteiger partial charge in [0.2, 0.25) is 5.78 Å². The fourth-order valence-electron chi connectivity index (χ4n) is 2.05. The topological polar surface area (TPSA) is 30.2 Å². The van der Waals surface area contributed by atoms with Crippen LogP contribution in [0.25, 0.3) is 11.0 Å². The average molecular weight is 289 g/mol. The Bertz CT molecular complexity index is 792. The summed E-state index contributed by atoms with van der Waals surface area (Å²) in [5.74, 6) is -0.437. The maximum Gasteiger partial charge on any atom is 0.202 e. The molecule has 0 saturated heterocycles. The Morgan fingerprint density at radius 1 is 1.15 bits per heavy atom. The Hall–Kier alpha value is -2.13. The van der Waals surface area contributed by atoms with Crippen LogP contribution in [0.3, 0.4) is 0 Å². The lowest BCUT2D eigenvalue weighted by atomic mass is 10.1. The van der Waals surface area contributed by atoms with Gasteiger partial charge in [-0.05, 0) is 35.9 Å². The monoisotopic (exact) mass is 288 g/mol. The molecule has 0 aliphatic rings. The maximum atomic E-state index is 13.5. The second-order valence-electron chi connectivity index (χ2n) is 4.48. The van der Waals surface area contributed by atoms with Crippen LogP contribution in [0.1, 0.15) is 16.1 Å². The number of Topliss-reactive ketones (excluding diaryl/α,β-unsaturated/α-hetero) is 1. The molecule has 20 heavy (non-hydrogen) atoms. The van der Waals surface area contributed by atoms with Gasteiger partial charge in [0.15, 0.2) is 5.76 Å². The zero-order valence-corrected chi connectivity index (χ0v) is 11.2. The highest BCUT2D eigenvalue weighted by Gasteiger charge is 2.15. The fourth-order valence-corrected chi connectivity index (χ4v) is 2.23. The Balaban J connectivity index is 1.91. The third kappa shape index (κ3) is 2.45. The molecular weight excluding hydrogens is 279 g/mol. The highest BCUT2D eigenvalue weighted by molar-refractivity contribution is 6.31. The third-order valence-electron chi connectivity index (χ3n) is 3.06. The molecule has 0 aliphatic carbocycles. The fraction of sp³-hybridized carbons (Fsp3) is 0.0625. The van der Waals surface area contributed by atoms with Gasteiger partial charge in [0.05, 0.1) is 0 Å². The highest BCUT2D eigenvalue weighted by Crippen LogP contribution is 2.24. The molecule has 2 aromatic carbocycles. The van der Waals surface area contributed by atoms with Gasteiger partial charge in [0.25, 0.3) is 0 Å². The summed E-state index contributed by atoms with van der Waals surface area (Å²) < 4.78 is 19.0. The number of benzene rings is 2. The summed E-state index contributed by atoms with van der Waals surface area (Å²) in [5.41, 5.74) is 0.947. The van der Waals surface area contributed by atoms with Crippen molar-refractivity contribution in [3.05, 3.63) is 70.7 Å². The first-order valence-electron chi connectivity index (χ1n) is 6.09. The van der Waals surface area contributed by atoms with Crippen molar-refractivity contribution < 1.29 is 13.6 Å². The lowest BCUT2D eigenvalue weighted by Crippen LogP contribution is -2.03. The second-order valence-corrected chi connectivity index (χ2v) is 4.92. The predicted molar refractivity (Wildman–Crippen MR) is 75.7 cm³/mol. The van der Waals surface area contributed by atoms with E-state index in [0.717, 1.165) is 5.39 Å². The Morgan fingerprint density at radius 3 is 2.75 bits per heavy atom. The molecule has 1 heterocycles. The minimum Gasteiger partial charge on any atom is -0.453 e. The minimum absolute atomic E-state index is 0.0276. The van der Waals surface area contributed by atoms with E-state index >= 15 is 0 Å². The number of halogens is 2. The van der Waals surface area contributed by atoms with E-state index in [1.807, 2.05) is 0 Å². The summed E-state index contributed by atoms with van der Waals surface area (Å²) in [6, 6.07) is 13.0. The molecule has 2 nitrogen and oxygen atoms in total. The molecule has 3 rings (SSSR count). The van der Waals surface area contributed by atoms with Crippen molar-refractivity contribution in [1.82, 2.24) is 0 Å². The Labute approximate surface area is 119 Å². The molecule has 0 fully saturated rings. The molecule has 0 amide bonds. The molecule has 100 valence electrons. The van der Waals surface area contributed by atoms with Gasteiger partial charge in [-0.1, -0.05) is 29.8 Å². The van der Waals surface area contributed by atoms with Gasteiger partial charge < -0.3 is 4.42 Å². The number of fused-ring (bicyclic) bond motifs is 1. The van der Waals surface area contributed by atoms with Crippen molar-refractivity contribution in [3.63, 3.8) is 0 Å². The summed E-state index contributed by atoms with van der Waals surface area (Å²) in [6.07, 6.45) is -0.0276. The van der Waals surface area contributed by atoms with E-state index < -0.39 is 0 Å². The first kappa shape index (κ1) is 12.9. The number of furan rings is 1. The molecule has 0 N–H and O–H groups in total. The number of carbonyl (C=O) groups excluding carboxylic acids is 1. The van der Waals surface area contributed by atoms with Gasteiger partial charge in [0, 0.05) is 16.8 Å². The summed E-state index contributed by atoms with van der Waals surface area (Å²) in [6.45, 7) is 0. The normalized spacial score (nSPS) is 10.9. The van der Waals surface area contributed by atoms with E-state index in [-0.39, 0.29) is 23.8 Å². The van der Waals surface area contributed by atoms with Crippen molar-refractivity contribution in [3.8, 4) is 0 Å². The zero-order valence-electron chi connectivity index (χ0n) is 10.4. The largest absolute Gasteiger partial charge is 0.453 e. The molecule has 0 saturated carbocycles. The minimum atomic E-state index is -0.389. The van der Waals surface area contributed by atoms with E-state index in [0.29, 0.717) is 16.2 Å². The van der Waals surface area contributed by atoms with Gasteiger partial charge in [-0.3, -0.25) is 4.79 Å². The van der Waals surface area contributed by atoms with E-state index in [1.54, 1.807) is 42.5 Å². The van der Waals surface area contributed by atoms with Gasteiger partial charge >= 0.3 is 0 Å². The predicted octanol–water partition coefficient (Wildman–Crippen LogP) is 4.65. The maximum absolute atomic E-state index is 13.5. The van der Waals surface area contributed by atoms with Crippen LogP contribution in [-0.2, 0) is 6.42 Å². The highest BCUT2D eigenvalue weighted by atomic mass is 35.5. The number of rotatable bonds is 3. The summed E-state index contributed by atoms with van der Waals surface area (Å²) in [4.78, 5) is 12.1. The summed E-state index contributed by atoms with van der Waals surface area (Å²) in [7, 11) is 0. The molecule has 0 unspecified atom stereocenters. The number of hydrogen-bond acceptors (Lipinski definition) is 2. The van der Waals surface area contributed by atoms with Crippen LogP contribution < -0.4 is 0 Å². The van der Waals surface area contributed by atoms with Crippen LogP contribution in [0.5, 0.6) is 0 Å². The first-order chi connectivity index (χ1) is 9.63. The van der Waals surface area contributed by atoms with Crippen LogP contribution in [0, 0.1) is 5.82 Å². The van der Waals surface area contributed by atoms with E-state index in [2.05, 4.69) is 0 Å². The molecular formula is C16H10ClFO2.